The Hall–Kier alpha value is -3.62. The van der Waals surface area contributed by atoms with Gasteiger partial charge in [-0.05, 0) is 57.9 Å². The standard InChI is InChI=1S/C24H28N4O5/c1-23(2,3)33-22(30)25-15-13-24(14-16-25)21(29)26(17-27(24)19-7-5-4-6-8-19)18-9-11-20(12-10-18)28(31)32/h4-12H,13-17H2,1-3H3. The summed E-state index contributed by atoms with van der Waals surface area (Å²) in [5.74, 6) is -0.0657. The lowest BCUT2D eigenvalue weighted by atomic mass is 9.85. The predicted octanol–water partition coefficient (Wildman–Crippen LogP) is 4.18. The number of anilines is 2. The molecule has 2 aliphatic rings. The van der Waals surface area contributed by atoms with E-state index >= 15 is 0 Å². The van der Waals surface area contributed by atoms with Gasteiger partial charge in [-0.25, -0.2) is 4.79 Å². The molecule has 174 valence electrons. The molecule has 9 nitrogen and oxygen atoms in total. The van der Waals surface area contributed by atoms with Gasteiger partial charge in [0, 0.05) is 36.6 Å². The number of carbonyl (C=O) groups excluding carboxylic acids is 2. The Morgan fingerprint density at radius 2 is 1.61 bits per heavy atom. The Morgan fingerprint density at radius 1 is 1.00 bits per heavy atom. The van der Waals surface area contributed by atoms with Gasteiger partial charge >= 0.3 is 6.09 Å². The molecule has 0 aliphatic carbocycles. The molecule has 2 saturated heterocycles. The molecule has 0 atom stereocenters. The number of likely N-dealkylation sites (tertiary alicyclic amines) is 1. The van der Waals surface area contributed by atoms with Gasteiger partial charge in [0.05, 0.1) is 11.6 Å². The van der Waals surface area contributed by atoms with Crippen LogP contribution in [0.3, 0.4) is 0 Å². The van der Waals surface area contributed by atoms with Crippen molar-refractivity contribution in [1.29, 1.82) is 0 Å². The fraction of sp³-hybridized carbons (Fsp3) is 0.417. The van der Waals surface area contributed by atoms with Crippen molar-refractivity contribution in [2.24, 2.45) is 0 Å². The van der Waals surface area contributed by atoms with Gasteiger partial charge < -0.3 is 14.5 Å². The van der Waals surface area contributed by atoms with Crippen LogP contribution in [0.15, 0.2) is 54.6 Å². The van der Waals surface area contributed by atoms with Crippen LogP contribution in [0.2, 0.25) is 0 Å². The Bertz CT molecular complexity index is 1040. The number of nitrogens with zero attached hydrogens (tertiary/aromatic N) is 4. The third-order valence-electron chi connectivity index (χ3n) is 6.13. The van der Waals surface area contributed by atoms with Gasteiger partial charge in [0.1, 0.15) is 11.1 Å². The summed E-state index contributed by atoms with van der Waals surface area (Å²) < 4.78 is 5.51. The summed E-state index contributed by atoms with van der Waals surface area (Å²) in [6, 6.07) is 15.7. The quantitative estimate of drug-likeness (QED) is 0.512. The number of nitro groups is 1. The lowest BCUT2D eigenvalue weighted by molar-refractivity contribution is -0.384. The van der Waals surface area contributed by atoms with Crippen molar-refractivity contribution < 1.29 is 19.2 Å². The van der Waals surface area contributed by atoms with Gasteiger partial charge in [-0.15, -0.1) is 0 Å². The van der Waals surface area contributed by atoms with Crippen molar-refractivity contribution in [2.75, 3.05) is 29.6 Å². The summed E-state index contributed by atoms with van der Waals surface area (Å²) in [4.78, 5) is 42.3. The maximum atomic E-state index is 13.8. The third-order valence-corrected chi connectivity index (χ3v) is 6.13. The molecule has 1 spiro atoms. The Labute approximate surface area is 192 Å². The third kappa shape index (κ3) is 4.35. The lowest BCUT2D eigenvalue weighted by Gasteiger charge is -2.43. The average Bonchev–Trinajstić information content (AvgIpc) is 3.05. The molecular weight excluding hydrogens is 424 g/mol. The molecule has 4 rings (SSSR count). The fourth-order valence-corrected chi connectivity index (χ4v) is 4.47. The minimum atomic E-state index is -0.804. The molecule has 0 radical (unpaired) electrons. The van der Waals surface area contributed by atoms with Crippen LogP contribution in [0.4, 0.5) is 21.9 Å². The minimum absolute atomic E-state index is 0.0225. The highest BCUT2D eigenvalue weighted by molar-refractivity contribution is 6.06. The minimum Gasteiger partial charge on any atom is -0.444 e. The first kappa shape index (κ1) is 22.6. The monoisotopic (exact) mass is 452 g/mol. The van der Waals surface area contributed by atoms with Gasteiger partial charge in [0.25, 0.3) is 11.6 Å². The Balaban J connectivity index is 1.61. The van der Waals surface area contributed by atoms with Crippen molar-refractivity contribution in [3.63, 3.8) is 0 Å². The normalized spacial score (nSPS) is 18.0. The second kappa shape index (κ2) is 8.38. The maximum Gasteiger partial charge on any atom is 0.410 e. The number of benzene rings is 2. The highest BCUT2D eigenvalue weighted by atomic mass is 16.6. The zero-order chi connectivity index (χ0) is 23.8. The van der Waals surface area contributed by atoms with Crippen molar-refractivity contribution >= 4 is 29.1 Å². The van der Waals surface area contributed by atoms with E-state index in [0.29, 0.717) is 38.3 Å². The molecule has 2 aromatic carbocycles. The number of ether oxygens (including phenoxy) is 1. The molecule has 2 amide bonds. The second-order valence-corrected chi connectivity index (χ2v) is 9.41. The number of para-hydroxylation sites is 1. The summed E-state index contributed by atoms with van der Waals surface area (Å²) in [6.07, 6.45) is 0.550. The van der Waals surface area contributed by atoms with Gasteiger partial charge in [-0.3, -0.25) is 19.8 Å². The Kier molecular flexibility index (Phi) is 5.73. The number of hydrogen-bond donors (Lipinski definition) is 0. The zero-order valence-corrected chi connectivity index (χ0v) is 19.1. The van der Waals surface area contributed by atoms with Crippen LogP contribution in [-0.4, -0.2) is 52.7 Å². The van der Waals surface area contributed by atoms with E-state index in [1.165, 1.54) is 12.1 Å². The van der Waals surface area contributed by atoms with Crippen molar-refractivity contribution in [2.45, 2.75) is 44.8 Å². The first-order valence-electron chi connectivity index (χ1n) is 11.0. The molecule has 0 unspecified atom stereocenters. The zero-order valence-electron chi connectivity index (χ0n) is 19.1. The average molecular weight is 453 g/mol. The van der Waals surface area contributed by atoms with Crippen LogP contribution < -0.4 is 9.80 Å². The smallest absolute Gasteiger partial charge is 0.410 e. The van der Waals surface area contributed by atoms with Gasteiger partial charge in [-0.2, -0.15) is 0 Å². The molecule has 2 heterocycles. The lowest BCUT2D eigenvalue weighted by Crippen LogP contribution is -2.57. The van der Waals surface area contributed by atoms with Crippen LogP contribution in [0.1, 0.15) is 33.6 Å². The van der Waals surface area contributed by atoms with Crippen LogP contribution in [-0.2, 0) is 9.53 Å². The van der Waals surface area contributed by atoms with Crippen molar-refractivity contribution in [1.82, 2.24) is 4.90 Å². The fourth-order valence-electron chi connectivity index (χ4n) is 4.47. The van der Waals surface area contributed by atoms with Crippen LogP contribution in [0.25, 0.3) is 0 Å². The highest BCUT2D eigenvalue weighted by Crippen LogP contribution is 2.41. The molecule has 0 aromatic heterocycles. The highest BCUT2D eigenvalue weighted by Gasteiger charge is 2.54. The van der Waals surface area contributed by atoms with E-state index in [2.05, 4.69) is 4.90 Å². The van der Waals surface area contributed by atoms with E-state index in [-0.39, 0.29) is 17.7 Å². The van der Waals surface area contributed by atoms with Gasteiger partial charge in [0.2, 0.25) is 0 Å². The molecule has 0 bridgehead atoms. The number of piperidine rings is 1. The van der Waals surface area contributed by atoms with E-state index in [9.17, 15) is 19.7 Å². The van der Waals surface area contributed by atoms with Crippen LogP contribution in [0, 0.1) is 10.1 Å². The molecule has 2 fully saturated rings. The van der Waals surface area contributed by atoms with E-state index in [1.807, 2.05) is 51.1 Å². The predicted molar refractivity (Wildman–Crippen MR) is 124 cm³/mol. The first-order valence-corrected chi connectivity index (χ1v) is 11.0. The Morgan fingerprint density at radius 3 is 2.15 bits per heavy atom. The number of amides is 2. The molecule has 2 aromatic rings. The topological polar surface area (TPSA) is 96.2 Å². The molecule has 0 N–H and O–H groups in total. The van der Waals surface area contributed by atoms with Crippen LogP contribution >= 0.6 is 0 Å². The second-order valence-electron chi connectivity index (χ2n) is 9.41. The van der Waals surface area contributed by atoms with E-state index in [4.69, 9.17) is 4.74 Å². The van der Waals surface area contributed by atoms with E-state index in [1.54, 1.807) is 21.9 Å². The van der Waals surface area contributed by atoms with E-state index in [0.717, 1.165) is 5.69 Å². The largest absolute Gasteiger partial charge is 0.444 e. The molecule has 33 heavy (non-hydrogen) atoms. The number of rotatable bonds is 3. The molecule has 2 aliphatic heterocycles. The van der Waals surface area contributed by atoms with Crippen LogP contribution in [0.5, 0.6) is 0 Å². The van der Waals surface area contributed by atoms with Crippen molar-refractivity contribution in [3.05, 3.63) is 64.7 Å². The van der Waals surface area contributed by atoms with Gasteiger partial charge in [-0.1, -0.05) is 18.2 Å². The molecule has 0 saturated carbocycles. The summed E-state index contributed by atoms with van der Waals surface area (Å²) in [6.45, 7) is 6.62. The maximum absolute atomic E-state index is 13.8. The summed E-state index contributed by atoms with van der Waals surface area (Å²) in [7, 11) is 0. The van der Waals surface area contributed by atoms with Gasteiger partial charge in [0.15, 0.2) is 0 Å². The summed E-state index contributed by atoms with van der Waals surface area (Å²) in [5.41, 5.74) is 0.115. The number of carbonyl (C=O) groups is 2. The first-order chi connectivity index (χ1) is 15.6. The molecular formula is C24H28N4O5. The number of hydrogen-bond acceptors (Lipinski definition) is 6. The number of nitro benzene ring substituents is 1. The molecule has 9 heteroatoms. The van der Waals surface area contributed by atoms with Crippen molar-refractivity contribution in [3.8, 4) is 0 Å². The summed E-state index contributed by atoms with van der Waals surface area (Å²) >= 11 is 0. The SMILES string of the molecule is CC(C)(C)OC(=O)N1CCC2(CC1)C(=O)N(c1ccc([N+](=O)[O-])cc1)CN2c1ccccc1. The number of non-ortho nitro benzene ring substituents is 1. The van der Waals surface area contributed by atoms with E-state index < -0.39 is 16.1 Å². The summed E-state index contributed by atoms with van der Waals surface area (Å²) in [5, 5.41) is 11.0.